The van der Waals surface area contributed by atoms with Gasteiger partial charge in [0.15, 0.2) is 0 Å². The lowest BCUT2D eigenvalue weighted by molar-refractivity contribution is 0.351. The minimum absolute atomic E-state index is 0.398. The summed E-state index contributed by atoms with van der Waals surface area (Å²) in [5.41, 5.74) is 3.33. The molecular formula is C28H33N5O. The zero-order valence-corrected chi connectivity index (χ0v) is 20.2. The van der Waals surface area contributed by atoms with Crippen LogP contribution in [0.4, 0.5) is 11.8 Å². The molecule has 2 aromatic heterocycles. The normalized spacial score (nSPS) is 18.2. The van der Waals surface area contributed by atoms with Gasteiger partial charge in [0.2, 0.25) is 5.95 Å². The molecule has 0 radical (unpaired) electrons. The van der Waals surface area contributed by atoms with Gasteiger partial charge >= 0.3 is 0 Å². The third-order valence-corrected chi connectivity index (χ3v) is 6.73. The molecule has 2 aromatic carbocycles. The van der Waals surface area contributed by atoms with Crippen LogP contribution in [0.1, 0.15) is 37.0 Å². The number of furan rings is 1. The van der Waals surface area contributed by atoms with Gasteiger partial charge in [-0.25, -0.2) is 4.98 Å². The molecule has 34 heavy (non-hydrogen) atoms. The SMILES string of the molecule is Cc1oc(-c2ccccc2)cc1CNC1CCC(Nc2nc(N(C)C)c3ccccc3n2)CC1. The maximum atomic E-state index is 6.01. The van der Waals surface area contributed by atoms with Gasteiger partial charge in [-0.1, -0.05) is 42.5 Å². The van der Waals surface area contributed by atoms with E-state index in [1.807, 2.05) is 44.4 Å². The molecule has 1 aliphatic rings. The first kappa shape index (κ1) is 22.4. The van der Waals surface area contributed by atoms with Gasteiger partial charge in [0.25, 0.3) is 0 Å². The molecule has 2 heterocycles. The van der Waals surface area contributed by atoms with Gasteiger partial charge < -0.3 is 20.0 Å². The third kappa shape index (κ3) is 4.92. The molecule has 4 aromatic rings. The average Bonchev–Trinajstić information content (AvgIpc) is 3.24. The van der Waals surface area contributed by atoms with Gasteiger partial charge in [-0.05, 0) is 50.8 Å². The van der Waals surface area contributed by atoms with E-state index in [0.29, 0.717) is 12.1 Å². The van der Waals surface area contributed by atoms with E-state index in [2.05, 4.69) is 52.8 Å². The Bertz CT molecular complexity index is 1240. The quantitative estimate of drug-likeness (QED) is 0.368. The summed E-state index contributed by atoms with van der Waals surface area (Å²) < 4.78 is 6.01. The largest absolute Gasteiger partial charge is 0.461 e. The number of nitrogens with one attached hydrogen (secondary N) is 2. The predicted octanol–water partition coefficient (Wildman–Crippen LogP) is 5.78. The van der Waals surface area contributed by atoms with Crippen molar-refractivity contribution >= 4 is 22.7 Å². The molecule has 2 N–H and O–H groups in total. The zero-order valence-electron chi connectivity index (χ0n) is 20.2. The Morgan fingerprint density at radius 1 is 0.912 bits per heavy atom. The van der Waals surface area contributed by atoms with E-state index in [1.54, 1.807) is 0 Å². The molecule has 0 saturated heterocycles. The summed E-state index contributed by atoms with van der Waals surface area (Å²) in [6, 6.07) is 21.6. The van der Waals surface area contributed by atoms with Crippen LogP contribution in [0.5, 0.6) is 0 Å². The smallest absolute Gasteiger partial charge is 0.225 e. The first-order valence-electron chi connectivity index (χ1n) is 12.2. The number of aromatic nitrogens is 2. The van der Waals surface area contributed by atoms with Crippen LogP contribution in [0, 0.1) is 6.92 Å². The molecule has 0 unspecified atom stereocenters. The molecule has 1 fully saturated rings. The van der Waals surface area contributed by atoms with E-state index < -0.39 is 0 Å². The number of benzene rings is 2. The Kier molecular flexibility index (Phi) is 6.50. The van der Waals surface area contributed by atoms with Crippen molar-refractivity contribution in [1.82, 2.24) is 15.3 Å². The minimum Gasteiger partial charge on any atom is -0.461 e. The first-order chi connectivity index (χ1) is 16.6. The highest BCUT2D eigenvalue weighted by molar-refractivity contribution is 5.90. The second kappa shape index (κ2) is 9.85. The van der Waals surface area contributed by atoms with Gasteiger partial charge in [0.05, 0.1) is 5.52 Å². The lowest BCUT2D eigenvalue weighted by Crippen LogP contribution is -2.37. The van der Waals surface area contributed by atoms with Crippen LogP contribution in [-0.2, 0) is 6.54 Å². The van der Waals surface area contributed by atoms with Gasteiger partial charge in [-0.15, -0.1) is 0 Å². The number of fused-ring (bicyclic) bond motifs is 1. The van der Waals surface area contributed by atoms with Crippen LogP contribution < -0.4 is 15.5 Å². The van der Waals surface area contributed by atoms with Crippen molar-refractivity contribution in [3.05, 3.63) is 72.0 Å². The highest BCUT2D eigenvalue weighted by Crippen LogP contribution is 2.28. The van der Waals surface area contributed by atoms with Crippen molar-refractivity contribution in [3.8, 4) is 11.3 Å². The first-order valence-corrected chi connectivity index (χ1v) is 12.2. The summed E-state index contributed by atoms with van der Waals surface area (Å²) >= 11 is 0. The Hall–Kier alpha value is -3.38. The summed E-state index contributed by atoms with van der Waals surface area (Å²) in [6.07, 6.45) is 4.47. The summed E-state index contributed by atoms with van der Waals surface area (Å²) in [5, 5.41) is 8.43. The van der Waals surface area contributed by atoms with E-state index in [4.69, 9.17) is 14.4 Å². The van der Waals surface area contributed by atoms with Crippen molar-refractivity contribution in [1.29, 1.82) is 0 Å². The standard InChI is InChI=1S/C28H33N5O/c1-19-21(17-26(34-19)20-9-5-4-6-10-20)18-29-22-13-15-23(16-14-22)30-28-31-25-12-8-7-11-24(25)27(32-28)33(2)3/h4-12,17,22-23,29H,13-16,18H2,1-3H3,(H,30,31,32). The summed E-state index contributed by atoms with van der Waals surface area (Å²) in [4.78, 5) is 11.6. The molecule has 176 valence electrons. The Balaban J connectivity index is 1.17. The van der Waals surface area contributed by atoms with Crippen LogP contribution in [0.15, 0.2) is 65.1 Å². The Morgan fingerprint density at radius 3 is 2.38 bits per heavy atom. The number of para-hydroxylation sites is 1. The number of hydrogen-bond acceptors (Lipinski definition) is 6. The van der Waals surface area contributed by atoms with Gasteiger partial charge in [-0.2, -0.15) is 4.98 Å². The van der Waals surface area contributed by atoms with Gasteiger partial charge in [0, 0.05) is 49.2 Å². The van der Waals surface area contributed by atoms with Crippen LogP contribution in [0.25, 0.3) is 22.2 Å². The number of anilines is 2. The monoisotopic (exact) mass is 455 g/mol. The summed E-state index contributed by atoms with van der Waals surface area (Å²) in [7, 11) is 4.06. The molecule has 6 heteroatoms. The molecular weight excluding hydrogens is 422 g/mol. The van der Waals surface area contributed by atoms with Crippen molar-refractivity contribution < 1.29 is 4.42 Å². The van der Waals surface area contributed by atoms with E-state index in [9.17, 15) is 0 Å². The second-order valence-corrected chi connectivity index (χ2v) is 9.41. The minimum atomic E-state index is 0.398. The third-order valence-electron chi connectivity index (χ3n) is 6.73. The number of hydrogen-bond donors (Lipinski definition) is 2. The maximum Gasteiger partial charge on any atom is 0.225 e. The average molecular weight is 456 g/mol. The molecule has 1 aliphatic carbocycles. The van der Waals surface area contributed by atoms with Crippen molar-refractivity contribution in [3.63, 3.8) is 0 Å². The lowest BCUT2D eigenvalue weighted by Gasteiger charge is -2.30. The fourth-order valence-electron chi connectivity index (χ4n) is 4.78. The van der Waals surface area contributed by atoms with Crippen LogP contribution >= 0.6 is 0 Å². The summed E-state index contributed by atoms with van der Waals surface area (Å²) in [5.74, 6) is 3.61. The fraction of sp³-hybridized carbons (Fsp3) is 0.357. The van der Waals surface area contributed by atoms with E-state index in [1.165, 1.54) is 5.56 Å². The number of aryl methyl sites for hydroxylation is 1. The van der Waals surface area contributed by atoms with Crippen LogP contribution in [-0.4, -0.2) is 36.1 Å². The van der Waals surface area contributed by atoms with Crippen molar-refractivity contribution in [2.75, 3.05) is 24.3 Å². The molecule has 1 saturated carbocycles. The van der Waals surface area contributed by atoms with Crippen molar-refractivity contribution in [2.45, 2.75) is 51.2 Å². The highest BCUT2D eigenvalue weighted by Gasteiger charge is 2.22. The van der Waals surface area contributed by atoms with Crippen molar-refractivity contribution in [2.24, 2.45) is 0 Å². The highest BCUT2D eigenvalue weighted by atomic mass is 16.3. The topological polar surface area (TPSA) is 66.2 Å². The molecule has 0 aliphatic heterocycles. The number of rotatable bonds is 7. The molecule has 6 nitrogen and oxygen atoms in total. The Morgan fingerprint density at radius 2 is 1.62 bits per heavy atom. The lowest BCUT2D eigenvalue weighted by atomic mass is 9.91. The molecule has 0 atom stereocenters. The van der Waals surface area contributed by atoms with Crippen LogP contribution in [0.2, 0.25) is 0 Å². The van der Waals surface area contributed by atoms with E-state index in [0.717, 1.165) is 72.0 Å². The van der Waals surface area contributed by atoms with Gasteiger partial charge in [0.1, 0.15) is 17.3 Å². The summed E-state index contributed by atoms with van der Waals surface area (Å²) in [6.45, 7) is 2.89. The molecule has 0 spiro atoms. The second-order valence-electron chi connectivity index (χ2n) is 9.41. The van der Waals surface area contributed by atoms with E-state index >= 15 is 0 Å². The zero-order chi connectivity index (χ0) is 23.5. The molecule has 0 bridgehead atoms. The predicted molar refractivity (Wildman–Crippen MR) is 139 cm³/mol. The maximum absolute atomic E-state index is 6.01. The van der Waals surface area contributed by atoms with Crippen LogP contribution in [0.3, 0.4) is 0 Å². The molecule has 0 amide bonds. The number of nitrogens with zero attached hydrogens (tertiary/aromatic N) is 3. The van der Waals surface area contributed by atoms with Gasteiger partial charge in [-0.3, -0.25) is 0 Å². The molecule has 5 rings (SSSR count). The Labute approximate surface area is 201 Å². The van der Waals surface area contributed by atoms with E-state index in [-0.39, 0.29) is 0 Å². The fourth-order valence-corrected chi connectivity index (χ4v) is 4.78.